The lowest BCUT2D eigenvalue weighted by Gasteiger charge is -2.14. The number of fused-ring (bicyclic) bond motifs is 1. The minimum Gasteiger partial charge on any atom is -0.383 e. The zero-order valence-electron chi connectivity index (χ0n) is 17.3. The summed E-state index contributed by atoms with van der Waals surface area (Å²) in [5.74, 6) is 0.443. The van der Waals surface area contributed by atoms with Crippen LogP contribution in [-0.2, 0) is 11.8 Å². The molecule has 0 aliphatic carbocycles. The fraction of sp³-hybridized carbons (Fsp3) is 0.174. The van der Waals surface area contributed by atoms with Crippen molar-refractivity contribution in [2.75, 3.05) is 11.1 Å². The monoisotopic (exact) mass is 435 g/mol. The summed E-state index contributed by atoms with van der Waals surface area (Å²) in [6, 6.07) is 12.4. The number of nitrogens with one attached hydrogen (secondary N) is 1. The summed E-state index contributed by atoms with van der Waals surface area (Å²) in [6.07, 6.45) is 0.620. The number of carbonyl (C=O) groups is 1. The largest absolute Gasteiger partial charge is 0.383 e. The molecular weight excluding hydrogens is 414 g/mol. The maximum Gasteiger partial charge on any atom is 0.257 e. The van der Waals surface area contributed by atoms with Gasteiger partial charge in [0.05, 0.1) is 10.4 Å². The predicted octanol–water partition coefficient (Wildman–Crippen LogP) is 4.16. The third-order valence-corrected chi connectivity index (χ3v) is 5.53. The number of nitrogen functional groups attached to an aromatic ring is 1. The van der Waals surface area contributed by atoms with E-state index in [1.54, 1.807) is 37.3 Å². The molecule has 0 bridgehead atoms. The van der Waals surface area contributed by atoms with Crippen molar-refractivity contribution in [1.29, 1.82) is 0 Å². The molecule has 4 aromatic rings. The fourth-order valence-corrected chi connectivity index (χ4v) is 3.96. The van der Waals surface area contributed by atoms with Gasteiger partial charge in [0.1, 0.15) is 17.3 Å². The fourth-order valence-electron chi connectivity index (χ4n) is 3.67. The van der Waals surface area contributed by atoms with E-state index in [1.807, 2.05) is 36.9 Å². The van der Waals surface area contributed by atoms with Crippen molar-refractivity contribution in [2.45, 2.75) is 20.0 Å². The first kappa shape index (κ1) is 20.8. The Labute approximate surface area is 184 Å². The molecule has 1 atom stereocenters. The number of nitrogens with zero attached hydrogens (tertiary/aromatic N) is 3. The Morgan fingerprint density at radius 3 is 2.61 bits per heavy atom. The van der Waals surface area contributed by atoms with Gasteiger partial charge in [-0.1, -0.05) is 41.9 Å². The van der Waals surface area contributed by atoms with E-state index in [0.717, 1.165) is 27.7 Å². The molecule has 4 rings (SSSR count). The number of aromatic nitrogens is 3. The predicted molar refractivity (Wildman–Crippen MR) is 123 cm³/mol. The highest BCUT2D eigenvalue weighted by Gasteiger charge is 2.20. The number of halogens is 1. The van der Waals surface area contributed by atoms with Crippen molar-refractivity contribution in [3.63, 3.8) is 0 Å². The van der Waals surface area contributed by atoms with Crippen molar-refractivity contribution < 1.29 is 9.90 Å². The van der Waals surface area contributed by atoms with Crippen LogP contribution in [0.5, 0.6) is 0 Å². The average molecular weight is 436 g/mol. The van der Waals surface area contributed by atoms with Crippen molar-refractivity contribution in [1.82, 2.24) is 14.5 Å². The molecule has 31 heavy (non-hydrogen) atoms. The number of amides is 1. The Balaban J connectivity index is 1.65. The number of aliphatic hydroxyl groups is 1. The van der Waals surface area contributed by atoms with E-state index in [-0.39, 0.29) is 0 Å². The number of hydrogen-bond donors (Lipinski definition) is 3. The summed E-state index contributed by atoms with van der Waals surface area (Å²) < 4.78 is 1.88. The van der Waals surface area contributed by atoms with Gasteiger partial charge in [0.15, 0.2) is 6.10 Å². The van der Waals surface area contributed by atoms with Crippen LogP contribution in [0.1, 0.15) is 23.1 Å². The molecule has 2 heterocycles. The van der Waals surface area contributed by atoms with Crippen LogP contribution in [0, 0.1) is 13.8 Å². The van der Waals surface area contributed by atoms with Gasteiger partial charge >= 0.3 is 0 Å². The van der Waals surface area contributed by atoms with E-state index in [0.29, 0.717) is 27.9 Å². The third-order valence-electron chi connectivity index (χ3n) is 5.21. The lowest BCUT2D eigenvalue weighted by atomic mass is 10.0. The maximum atomic E-state index is 12.5. The van der Waals surface area contributed by atoms with Crippen molar-refractivity contribution in [3.8, 4) is 11.1 Å². The first-order valence-corrected chi connectivity index (χ1v) is 10.1. The number of nitrogens with two attached hydrogens (primary N) is 1. The molecule has 0 aliphatic heterocycles. The van der Waals surface area contributed by atoms with Gasteiger partial charge in [-0.3, -0.25) is 4.79 Å². The van der Waals surface area contributed by atoms with E-state index in [9.17, 15) is 9.90 Å². The van der Waals surface area contributed by atoms with Crippen molar-refractivity contribution in [3.05, 3.63) is 70.6 Å². The third kappa shape index (κ3) is 3.85. The van der Waals surface area contributed by atoms with Gasteiger partial charge < -0.3 is 20.7 Å². The van der Waals surface area contributed by atoms with E-state index in [1.165, 1.54) is 0 Å². The number of aliphatic hydroxyl groups excluding tert-OH is 1. The molecule has 0 radical (unpaired) electrons. The van der Waals surface area contributed by atoms with Crippen LogP contribution < -0.4 is 11.1 Å². The molecule has 0 fully saturated rings. The Morgan fingerprint density at radius 2 is 1.90 bits per heavy atom. The summed E-state index contributed by atoms with van der Waals surface area (Å²) in [5.41, 5.74) is 10.3. The van der Waals surface area contributed by atoms with Gasteiger partial charge in [-0.05, 0) is 37.1 Å². The molecule has 0 spiro atoms. The molecule has 158 valence electrons. The Morgan fingerprint density at radius 1 is 1.16 bits per heavy atom. The van der Waals surface area contributed by atoms with Crippen LogP contribution >= 0.6 is 11.6 Å². The van der Waals surface area contributed by atoms with Crippen LogP contribution in [-0.4, -0.2) is 25.5 Å². The Bertz CT molecular complexity index is 1320. The zero-order chi connectivity index (χ0) is 22.3. The highest BCUT2D eigenvalue weighted by molar-refractivity contribution is 6.34. The number of rotatable bonds is 4. The van der Waals surface area contributed by atoms with Crippen LogP contribution in [0.3, 0.4) is 0 Å². The molecule has 1 amide bonds. The Hall–Kier alpha value is -3.42. The van der Waals surface area contributed by atoms with Crippen LogP contribution in [0.4, 0.5) is 11.5 Å². The van der Waals surface area contributed by atoms with Crippen LogP contribution in [0.15, 0.2) is 48.7 Å². The minimum atomic E-state index is -1.28. The number of anilines is 2. The lowest BCUT2D eigenvalue weighted by Crippen LogP contribution is -2.21. The van der Waals surface area contributed by atoms with Gasteiger partial charge in [-0.15, -0.1) is 0 Å². The molecule has 0 saturated heterocycles. The Kier molecular flexibility index (Phi) is 5.39. The van der Waals surface area contributed by atoms with Gasteiger partial charge in [0.25, 0.3) is 5.91 Å². The van der Waals surface area contributed by atoms with Crippen LogP contribution in [0.25, 0.3) is 22.2 Å². The number of benzene rings is 2. The highest BCUT2D eigenvalue weighted by atomic mass is 35.5. The van der Waals surface area contributed by atoms with Gasteiger partial charge in [-0.2, -0.15) is 0 Å². The molecule has 2 aromatic carbocycles. The van der Waals surface area contributed by atoms with Gasteiger partial charge in [0.2, 0.25) is 0 Å². The molecule has 4 N–H and O–H groups in total. The van der Waals surface area contributed by atoms with Gasteiger partial charge in [0, 0.05) is 30.1 Å². The summed E-state index contributed by atoms with van der Waals surface area (Å²) in [5, 5.41) is 14.3. The molecule has 0 aliphatic rings. The quantitative estimate of drug-likeness (QED) is 0.446. The first-order valence-electron chi connectivity index (χ1n) is 9.69. The molecule has 7 nitrogen and oxygen atoms in total. The van der Waals surface area contributed by atoms with E-state index in [2.05, 4.69) is 15.3 Å². The second-order valence-corrected chi connectivity index (χ2v) is 7.86. The summed E-state index contributed by atoms with van der Waals surface area (Å²) in [7, 11) is 1.88. The smallest absolute Gasteiger partial charge is 0.257 e. The summed E-state index contributed by atoms with van der Waals surface area (Å²) in [4.78, 5) is 21.3. The molecule has 8 heteroatoms. The number of aryl methyl sites for hydroxylation is 3. The topological polar surface area (TPSA) is 106 Å². The molecular formula is C23H22ClN5O2. The minimum absolute atomic E-state index is 0.382. The first-order chi connectivity index (χ1) is 14.8. The van der Waals surface area contributed by atoms with E-state index < -0.39 is 12.0 Å². The van der Waals surface area contributed by atoms with Gasteiger partial charge in [-0.25, -0.2) is 9.97 Å². The summed E-state index contributed by atoms with van der Waals surface area (Å²) in [6.45, 7) is 3.64. The summed E-state index contributed by atoms with van der Waals surface area (Å²) >= 11 is 6.56. The number of hydrogen-bond acceptors (Lipinski definition) is 5. The SMILES string of the molecule is Cc1nc(N)c2c(-c3ccc(NC(=O)C(O)c4ccccc4C)cc3Cl)cn(C)c2n1. The maximum absolute atomic E-state index is 12.5. The molecule has 0 saturated carbocycles. The normalized spacial score (nSPS) is 12.2. The lowest BCUT2D eigenvalue weighted by molar-refractivity contribution is -0.124. The zero-order valence-corrected chi connectivity index (χ0v) is 18.1. The van der Waals surface area contributed by atoms with Crippen LogP contribution in [0.2, 0.25) is 5.02 Å². The van der Waals surface area contributed by atoms with E-state index >= 15 is 0 Å². The highest BCUT2D eigenvalue weighted by Crippen LogP contribution is 2.37. The van der Waals surface area contributed by atoms with Crippen molar-refractivity contribution in [2.24, 2.45) is 7.05 Å². The molecule has 1 unspecified atom stereocenters. The standard InChI is InChI=1S/C23H22ClN5O2/c1-12-6-4-5-7-15(12)20(30)23(31)28-14-8-9-16(18(24)10-14)17-11-29(3)22-19(17)21(25)26-13(2)27-22/h4-11,20,30H,1-3H3,(H,28,31)(H2,25,26,27). The van der Waals surface area contributed by atoms with Crippen molar-refractivity contribution >= 4 is 40.0 Å². The average Bonchev–Trinajstić information content (AvgIpc) is 3.04. The number of carbonyl (C=O) groups excluding carboxylic acids is 1. The molecule has 2 aromatic heterocycles. The second-order valence-electron chi connectivity index (χ2n) is 7.45. The van der Waals surface area contributed by atoms with E-state index in [4.69, 9.17) is 17.3 Å². The second kappa shape index (κ2) is 8.02.